The number of rotatable bonds is 3. The lowest BCUT2D eigenvalue weighted by atomic mass is 10.1. The highest BCUT2D eigenvalue weighted by atomic mass is 19.2. The number of hydrogen-bond acceptors (Lipinski definition) is 3. The summed E-state index contributed by atoms with van der Waals surface area (Å²) in [5.41, 5.74) is 0.228. The van der Waals surface area contributed by atoms with Crippen molar-refractivity contribution < 1.29 is 31.8 Å². The van der Waals surface area contributed by atoms with Crippen molar-refractivity contribution in [3.63, 3.8) is 0 Å². The van der Waals surface area contributed by atoms with Crippen LogP contribution in [0.2, 0.25) is 0 Å². The number of benzene rings is 3. The Morgan fingerprint density at radius 3 is 2.29 bits per heavy atom. The smallest absolute Gasteiger partial charge is 0.184 e. The summed E-state index contributed by atoms with van der Waals surface area (Å²) in [4.78, 5) is 0. The SMILES string of the molecule is COCC1COC(c2cc(F)c(C#Cc3ccc4c(F)c(F)ccc4c3)c(F)c2)OC1. The van der Waals surface area contributed by atoms with Gasteiger partial charge >= 0.3 is 0 Å². The van der Waals surface area contributed by atoms with Crippen molar-refractivity contribution in [2.24, 2.45) is 5.92 Å². The van der Waals surface area contributed by atoms with E-state index in [-0.39, 0.29) is 16.9 Å². The second kappa shape index (κ2) is 9.06. The average Bonchev–Trinajstić information content (AvgIpc) is 2.76. The molecule has 3 aromatic carbocycles. The molecule has 1 aliphatic rings. The molecule has 3 nitrogen and oxygen atoms in total. The van der Waals surface area contributed by atoms with Crippen molar-refractivity contribution in [3.8, 4) is 11.8 Å². The zero-order chi connectivity index (χ0) is 22.0. The minimum atomic E-state index is -0.953. The summed E-state index contributed by atoms with van der Waals surface area (Å²) in [6.45, 7) is 1.19. The number of ether oxygens (including phenoxy) is 3. The van der Waals surface area contributed by atoms with E-state index in [1.807, 2.05) is 0 Å². The Morgan fingerprint density at radius 1 is 0.903 bits per heavy atom. The maximum atomic E-state index is 14.6. The van der Waals surface area contributed by atoms with E-state index in [9.17, 15) is 17.6 Å². The maximum Gasteiger partial charge on any atom is 0.184 e. The minimum Gasteiger partial charge on any atom is -0.384 e. The van der Waals surface area contributed by atoms with Gasteiger partial charge in [0.25, 0.3) is 0 Å². The van der Waals surface area contributed by atoms with Crippen LogP contribution in [0, 0.1) is 41.0 Å². The van der Waals surface area contributed by atoms with Crippen LogP contribution in [0.4, 0.5) is 17.6 Å². The average molecular weight is 430 g/mol. The molecule has 1 aliphatic heterocycles. The van der Waals surface area contributed by atoms with E-state index in [0.29, 0.717) is 30.8 Å². The fraction of sp³-hybridized carbons (Fsp3) is 0.250. The predicted molar refractivity (Wildman–Crippen MR) is 106 cm³/mol. The van der Waals surface area contributed by atoms with Gasteiger partial charge in [-0.2, -0.15) is 0 Å². The summed E-state index contributed by atoms with van der Waals surface area (Å²) in [5, 5.41) is 0.535. The van der Waals surface area contributed by atoms with Crippen LogP contribution in [0.1, 0.15) is 23.0 Å². The summed E-state index contributed by atoms with van der Waals surface area (Å²) in [5.74, 6) is 1.61. The second-order valence-corrected chi connectivity index (χ2v) is 7.23. The third-order valence-corrected chi connectivity index (χ3v) is 4.94. The molecule has 3 aromatic rings. The summed E-state index contributed by atoms with van der Waals surface area (Å²) in [6.07, 6.45) is -0.866. The second-order valence-electron chi connectivity index (χ2n) is 7.23. The van der Waals surface area contributed by atoms with Crippen LogP contribution in [0.5, 0.6) is 0 Å². The van der Waals surface area contributed by atoms with Gasteiger partial charge in [0.2, 0.25) is 0 Å². The highest BCUT2D eigenvalue weighted by molar-refractivity contribution is 5.84. The summed E-state index contributed by atoms with van der Waals surface area (Å²) >= 11 is 0. The van der Waals surface area contributed by atoms with Gasteiger partial charge < -0.3 is 14.2 Å². The highest BCUT2D eigenvalue weighted by Gasteiger charge is 2.25. The van der Waals surface area contributed by atoms with Crippen LogP contribution in [0.15, 0.2) is 42.5 Å². The Bertz CT molecular complexity index is 1150. The molecule has 1 heterocycles. The zero-order valence-corrected chi connectivity index (χ0v) is 16.6. The van der Waals surface area contributed by atoms with Crippen molar-refractivity contribution in [1.82, 2.24) is 0 Å². The molecule has 0 saturated carbocycles. The van der Waals surface area contributed by atoms with Gasteiger partial charge in [0.1, 0.15) is 11.6 Å². The molecule has 0 amide bonds. The minimum absolute atomic E-state index is 0.0630. The van der Waals surface area contributed by atoms with Crippen LogP contribution < -0.4 is 0 Å². The number of methoxy groups -OCH3 is 1. The Kier molecular flexibility index (Phi) is 6.23. The van der Waals surface area contributed by atoms with E-state index in [1.165, 1.54) is 24.3 Å². The number of fused-ring (bicyclic) bond motifs is 1. The molecule has 0 aromatic heterocycles. The van der Waals surface area contributed by atoms with Gasteiger partial charge in [-0.3, -0.25) is 0 Å². The first-order valence-electron chi connectivity index (χ1n) is 9.57. The highest BCUT2D eigenvalue weighted by Crippen LogP contribution is 2.28. The van der Waals surface area contributed by atoms with Gasteiger partial charge in [0.15, 0.2) is 17.9 Å². The van der Waals surface area contributed by atoms with Gasteiger partial charge in [-0.25, -0.2) is 17.6 Å². The molecule has 0 aliphatic carbocycles. The van der Waals surface area contributed by atoms with Gasteiger partial charge in [-0.05, 0) is 35.7 Å². The molecule has 0 bridgehead atoms. The Hall–Kier alpha value is -2.92. The molecule has 0 unspecified atom stereocenters. The third kappa shape index (κ3) is 4.57. The molecule has 160 valence electrons. The van der Waals surface area contributed by atoms with E-state index in [4.69, 9.17) is 14.2 Å². The van der Waals surface area contributed by atoms with E-state index >= 15 is 0 Å². The largest absolute Gasteiger partial charge is 0.384 e. The van der Waals surface area contributed by atoms with Crippen LogP contribution in [0.25, 0.3) is 10.8 Å². The number of halogens is 4. The fourth-order valence-electron chi connectivity index (χ4n) is 3.39. The monoisotopic (exact) mass is 430 g/mol. The van der Waals surface area contributed by atoms with Crippen molar-refractivity contribution in [2.75, 3.05) is 26.9 Å². The molecule has 0 spiro atoms. The maximum absolute atomic E-state index is 14.6. The topological polar surface area (TPSA) is 27.7 Å². The Morgan fingerprint density at radius 2 is 1.61 bits per heavy atom. The Labute approximate surface area is 176 Å². The molecule has 0 radical (unpaired) electrons. The van der Waals surface area contributed by atoms with E-state index < -0.39 is 35.1 Å². The summed E-state index contributed by atoms with van der Waals surface area (Å²) < 4.78 is 72.3. The lowest BCUT2D eigenvalue weighted by molar-refractivity contribution is -0.211. The molecule has 1 fully saturated rings. The van der Waals surface area contributed by atoms with Crippen molar-refractivity contribution in [2.45, 2.75) is 6.29 Å². The first-order valence-corrected chi connectivity index (χ1v) is 9.57. The third-order valence-electron chi connectivity index (χ3n) is 4.94. The summed E-state index contributed by atoms with van der Waals surface area (Å²) in [7, 11) is 1.58. The van der Waals surface area contributed by atoms with E-state index in [0.717, 1.165) is 18.2 Å². The Balaban J connectivity index is 1.56. The molecular weight excluding hydrogens is 412 g/mol. The molecule has 0 N–H and O–H groups in total. The van der Waals surface area contributed by atoms with Crippen molar-refractivity contribution >= 4 is 10.8 Å². The van der Waals surface area contributed by atoms with E-state index in [1.54, 1.807) is 7.11 Å². The predicted octanol–water partition coefficient (Wildman–Crippen LogP) is 5.10. The van der Waals surface area contributed by atoms with Crippen LogP contribution in [0.3, 0.4) is 0 Å². The molecule has 7 heteroatoms. The van der Waals surface area contributed by atoms with Crippen molar-refractivity contribution in [3.05, 3.63) is 82.4 Å². The fourth-order valence-corrected chi connectivity index (χ4v) is 3.39. The van der Waals surface area contributed by atoms with Crippen LogP contribution in [-0.4, -0.2) is 26.9 Å². The molecule has 31 heavy (non-hydrogen) atoms. The first-order chi connectivity index (χ1) is 15.0. The number of hydrogen-bond donors (Lipinski definition) is 0. The van der Waals surface area contributed by atoms with Gasteiger partial charge in [0.05, 0.1) is 25.4 Å². The normalized spacial score (nSPS) is 18.6. The van der Waals surface area contributed by atoms with Crippen molar-refractivity contribution in [1.29, 1.82) is 0 Å². The molecule has 0 atom stereocenters. The molecule has 1 saturated heterocycles. The standard InChI is InChI=1S/C24H18F4O3/c1-29-11-15-12-30-24(31-13-15)17-9-21(26)19(22(27)10-17)6-3-14-2-5-18-16(8-14)4-7-20(25)23(18)28/h2,4-5,7-10,15,24H,11-13H2,1H3. The molecule has 4 rings (SSSR count). The van der Waals surface area contributed by atoms with Gasteiger partial charge in [-0.15, -0.1) is 0 Å². The molecular formula is C24H18F4O3. The zero-order valence-electron chi connectivity index (χ0n) is 16.6. The van der Waals surface area contributed by atoms with E-state index in [2.05, 4.69) is 11.8 Å². The lowest BCUT2D eigenvalue weighted by Gasteiger charge is -2.29. The lowest BCUT2D eigenvalue weighted by Crippen LogP contribution is -2.30. The van der Waals surface area contributed by atoms with Crippen LogP contribution >= 0.6 is 0 Å². The first kappa shape index (κ1) is 21.3. The van der Waals surface area contributed by atoms with Gasteiger partial charge in [0, 0.05) is 29.5 Å². The summed E-state index contributed by atoms with van der Waals surface area (Å²) in [6, 6.07) is 9.05. The van der Waals surface area contributed by atoms with Crippen LogP contribution in [-0.2, 0) is 14.2 Å². The van der Waals surface area contributed by atoms with Gasteiger partial charge in [-0.1, -0.05) is 24.0 Å². The quantitative estimate of drug-likeness (QED) is 0.427.